The molecule has 18 heavy (non-hydrogen) atoms. The van der Waals surface area contributed by atoms with Crippen LogP contribution in [0.4, 0.5) is 4.39 Å². The highest BCUT2D eigenvalue weighted by Crippen LogP contribution is 2.30. The van der Waals surface area contributed by atoms with Crippen LogP contribution in [0.25, 0.3) is 0 Å². The SMILES string of the molecule is CCNC(c1cncc(F)c1)c1cc(OC)cs1. The zero-order valence-electron chi connectivity index (χ0n) is 10.3. The van der Waals surface area contributed by atoms with Crippen LogP contribution >= 0.6 is 11.3 Å². The van der Waals surface area contributed by atoms with Crippen molar-refractivity contribution in [2.75, 3.05) is 13.7 Å². The van der Waals surface area contributed by atoms with Crippen LogP contribution in [-0.2, 0) is 0 Å². The maximum absolute atomic E-state index is 13.2. The highest BCUT2D eigenvalue weighted by atomic mass is 32.1. The van der Waals surface area contributed by atoms with E-state index in [1.54, 1.807) is 24.6 Å². The van der Waals surface area contributed by atoms with E-state index in [0.29, 0.717) is 0 Å². The average molecular weight is 266 g/mol. The standard InChI is InChI=1S/C13H15FN2OS/c1-3-16-13(9-4-10(14)7-15-6-9)12-5-11(17-2)8-18-12/h4-8,13,16H,3H2,1-2H3. The molecule has 0 spiro atoms. The van der Waals surface area contributed by atoms with Crippen LogP contribution < -0.4 is 10.1 Å². The molecule has 96 valence electrons. The van der Waals surface area contributed by atoms with E-state index in [1.807, 2.05) is 18.4 Å². The van der Waals surface area contributed by atoms with Crippen molar-refractivity contribution in [2.24, 2.45) is 0 Å². The first kappa shape index (κ1) is 13.0. The molecule has 1 N–H and O–H groups in total. The molecular formula is C13H15FN2OS. The Morgan fingerprint density at radius 1 is 1.44 bits per heavy atom. The maximum atomic E-state index is 13.2. The van der Waals surface area contributed by atoms with Crippen molar-refractivity contribution in [1.82, 2.24) is 10.3 Å². The maximum Gasteiger partial charge on any atom is 0.141 e. The molecule has 0 saturated carbocycles. The van der Waals surface area contributed by atoms with Crippen LogP contribution in [0.15, 0.2) is 29.9 Å². The number of hydrogen-bond donors (Lipinski definition) is 1. The predicted octanol–water partition coefficient (Wildman–Crippen LogP) is 2.99. The zero-order valence-corrected chi connectivity index (χ0v) is 11.1. The van der Waals surface area contributed by atoms with Crippen molar-refractivity contribution in [1.29, 1.82) is 0 Å². The van der Waals surface area contributed by atoms with Crippen LogP contribution in [0.5, 0.6) is 5.75 Å². The van der Waals surface area contributed by atoms with E-state index in [2.05, 4.69) is 10.3 Å². The molecule has 3 nitrogen and oxygen atoms in total. The van der Waals surface area contributed by atoms with Gasteiger partial charge in [-0.25, -0.2) is 4.39 Å². The van der Waals surface area contributed by atoms with Crippen molar-refractivity contribution < 1.29 is 9.13 Å². The second kappa shape index (κ2) is 5.93. The van der Waals surface area contributed by atoms with E-state index in [-0.39, 0.29) is 11.9 Å². The predicted molar refractivity (Wildman–Crippen MR) is 70.6 cm³/mol. The van der Waals surface area contributed by atoms with Crippen molar-refractivity contribution in [3.05, 3.63) is 46.2 Å². The highest BCUT2D eigenvalue weighted by molar-refractivity contribution is 7.10. The first-order chi connectivity index (χ1) is 8.74. The second-order valence-electron chi connectivity index (χ2n) is 3.82. The third-order valence-electron chi connectivity index (χ3n) is 2.58. The lowest BCUT2D eigenvalue weighted by Gasteiger charge is -2.16. The fraction of sp³-hybridized carbons (Fsp3) is 0.308. The third kappa shape index (κ3) is 2.86. The number of ether oxygens (including phenoxy) is 1. The van der Waals surface area contributed by atoms with Gasteiger partial charge in [-0.15, -0.1) is 11.3 Å². The third-order valence-corrected chi connectivity index (χ3v) is 3.56. The summed E-state index contributed by atoms with van der Waals surface area (Å²) in [5, 5.41) is 5.26. The molecule has 1 atom stereocenters. The Morgan fingerprint density at radius 2 is 2.28 bits per heavy atom. The van der Waals surface area contributed by atoms with Gasteiger partial charge in [0.15, 0.2) is 0 Å². The van der Waals surface area contributed by atoms with Gasteiger partial charge >= 0.3 is 0 Å². The molecule has 0 radical (unpaired) electrons. The minimum atomic E-state index is -0.320. The number of pyridine rings is 1. The Bertz CT molecular complexity index is 515. The number of methoxy groups -OCH3 is 1. The fourth-order valence-corrected chi connectivity index (χ4v) is 2.72. The van der Waals surface area contributed by atoms with E-state index < -0.39 is 0 Å². The van der Waals surface area contributed by atoms with Crippen molar-refractivity contribution in [2.45, 2.75) is 13.0 Å². The molecule has 0 amide bonds. The lowest BCUT2D eigenvalue weighted by molar-refractivity contribution is 0.416. The number of rotatable bonds is 5. The lowest BCUT2D eigenvalue weighted by atomic mass is 10.1. The fourth-order valence-electron chi connectivity index (χ4n) is 1.77. The largest absolute Gasteiger partial charge is 0.496 e. The van der Waals surface area contributed by atoms with Gasteiger partial charge in [0.25, 0.3) is 0 Å². The second-order valence-corrected chi connectivity index (χ2v) is 4.76. The summed E-state index contributed by atoms with van der Waals surface area (Å²) in [4.78, 5) is 4.98. The summed E-state index contributed by atoms with van der Waals surface area (Å²) in [6, 6.07) is 3.42. The summed E-state index contributed by atoms with van der Waals surface area (Å²) in [6.45, 7) is 2.81. The molecule has 2 heterocycles. The molecule has 0 aromatic carbocycles. The smallest absolute Gasteiger partial charge is 0.141 e. The van der Waals surface area contributed by atoms with Gasteiger partial charge in [0, 0.05) is 16.5 Å². The first-order valence-corrected chi connectivity index (χ1v) is 6.58. The lowest BCUT2D eigenvalue weighted by Crippen LogP contribution is -2.21. The summed E-state index contributed by atoms with van der Waals surface area (Å²) < 4.78 is 18.4. The molecular weight excluding hydrogens is 251 g/mol. The zero-order chi connectivity index (χ0) is 13.0. The average Bonchev–Trinajstić information content (AvgIpc) is 2.84. The summed E-state index contributed by atoms with van der Waals surface area (Å²) in [6.07, 6.45) is 2.89. The van der Waals surface area contributed by atoms with Crippen LogP contribution in [0, 0.1) is 5.82 Å². The molecule has 2 rings (SSSR count). The molecule has 0 aliphatic carbocycles. The number of aromatic nitrogens is 1. The Kier molecular flexibility index (Phi) is 4.28. The Hall–Kier alpha value is -1.46. The number of thiophene rings is 1. The van der Waals surface area contributed by atoms with Gasteiger partial charge in [0.05, 0.1) is 19.3 Å². The van der Waals surface area contributed by atoms with Gasteiger partial charge in [0.2, 0.25) is 0 Å². The van der Waals surface area contributed by atoms with E-state index >= 15 is 0 Å². The Morgan fingerprint density at radius 3 is 2.89 bits per heavy atom. The monoisotopic (exact) mass is 266 g/mol. The molecule has 2 aromatic heterocycles. The van der Waals surface area contributed by atoms with Gasteiger partial charge < -0.3 is 10.1 Å². The van der Waals surface area contributed by atoms with E-state index in [4.69, 9.17) is 4.74 Å². The number of hydrogen-bond acceptors (Lipinski definition) is 4. The number of nitrogens with one attached hydrogen (secondary N) is 1. The quantitative estimate of drug-likeness (QED) is 0.903. The first-order valence-electron chi connectivity index (χ1n) is 5.70. The summed E-state index contributed by atoms with van der Waals surface area (Å²) in [7, 11) is 1.64. The number of halogens is 1. The van der Waals surface area contributed by atoms with Crippen molar-refractivity contribution in [3.8, 4) is 5.75 Å². The van der Waals surface area contributed by atoms with Crippen LogP contribution in [0.1, 0.15) is 23.4 Å². The summed E-state index contributed by atoms with van der Waals surface area (Å²) in [5.41, 5.74) is 0.821. The molecule has 0 aliphatic heterocycles. The topological polar surface area (TPSA) is 34.2 Å². The van der Waals surface area contributed by atoms with E-state index in [1.165, 1.54) is 12.3 Å². The van der Waals surface area contributed by atoms with Crippen molar-refractivity contribution in [3.63, 3.8) is 0 Å². The summed E-state index contributed by atoms with van der Waals surface area (Å²) >= 11 is 1.59. The Balaban J connectivity index is 2.33. The number of nitrogens with zero attached hydrogens (tertiary/aromatic N) is 1. The molecule has 5 heteroatoms. The molecule has 0 bridgehead atoms. The van der Waals surface area contributed by atoms with Gasteiger partial charge in [-0.3, -0.25) is 4.98 Å². The van der Waals surface area contributed by atoms with Crippen LogP contribution in [0.2, 0.25) is 0 Å². The van der Waals surface area contributed by atoms with Crippen LogP contribution in [-0.4, -0.2) is 18.6 Å². The minimum absolute atomic E-state index is 0.0490. The van der Waals surface area contributed by atoms with E-state index in [0.717, 1.165) is 22.7 Å². The highest BCUT2D eigenvalue weighted by Gasteiger charge is 2.16. The Labute approximate surface area is 110 Å². The van der Waals surface area contributed by atoms with Gasteiger partial charge in [0.1, 0.15) is 11.6 Å². The van der Waals surface area contributed by atoms with E-state index in [9.17, 15) is 4.39 Å². The molecule has 2 aromatic rings. The van der Waals surface area contributed by atoms with Gasteiger partial charge in [-0.2, -0.15) is 0 Å². The van der Waals surface area contributed by atoms with Crippen molar-refractivity contribution >= 4 is 11.3 Å². The van der Waals surface area contributed by atoms with Crippen LogP contribution in [0.3, 0.4) is 0 Å². The molecule has 1 unspecified atom stereocenters. The summed E-state index contributed by atoms with van der Waals surface area (Å²) in [5.74, 6) is 0.501. The van der Waals surface area contributed by atoms with Gasteiger partial charge in [-0.1, -0.05) is 6.92 Å². The molecule has 0 saturated heterocycles. The molecule has 0 fully saturated rings. The molecule has 0 aliphatic rings. The van der Waals surface area contributed by atoms with Gasteiger partial charge in [-0.05, 0) is 24.2 Å². The minimum Gasteiger partial charge on any atom is -0.496 e. The normalized spacial score (nSPS) is 12.4.